The molecule has 2 aromatic heterocycles. The first kappa shape index (κ1) is 13.1. The van der Waals surface area contributed by atoms with Crippen molar-refractivity contribution in [1.82, 2.24) is 24.8 Å². The molecule has 1 saturated heterocycles. The number of fused-ring (bicyclic) bond motifs is 1. The van der Waals surface area contributed by atoms with Crippen molar-refractivity contribution in [2.24, 2.45) is 0 Å². The fraction of sp³-hybridized carbons (Fsp3) is 0.583. The molecule has 8 nitrogen and oxygen atoms in total. The summed E-state index contributed by atoms with van der Waals surface area (Å²) in [5.74, 6) is 1.47. The van der Waals surface area contributed by atoms with E-state index in [1.54, 1.807) is 13.4 Å². The number of aromatic nitrogens is 4. The zero-order valence-electron chi connectivity index (χ0n) is 11.5. The summed E-state index contributed by atoms with van der Waals surface area (Å²) in [6, 6.07) is 0. The van der Waals surface area contributed by atoms with Gasteiger partial charge in [-0.05, 0) is 0 Å². The third kappa shape index (κ3) is 2.39. The molecule has 0 aliphatic carbocycles. The number of aliphatic hydroxyl groups excluding tert-OH is 1. The van der Waals surface area contributed by atoms with Crippen molar-refractivity contribution >= 4 is 22.9 Å². The average Bonchev–Trinajstić information content (AvgIpc) is 2.95. The van der Waals surface area contributed by atoms with Gasteiger partial charge in [0.1, 0.15) is 5.52 Å². The maximum absolute atomic E-state index is 8.99. The number of aromatic amines is 1. The van der Waals surface area contributed by atoms with E-state index < -0.39 is 0 Å². The van der Waals surface area contributed by atoms with Crippen LogP contribution in [0.25, 0.3) is 11.2 Å². The van der Waals surface area contributed by atoms with E-state index in [1.807, 2.05) is 0 Å². The molecule has 0 atom stereocenters. The van der Waals surface area contributed by atoms with Crippen molar-refractivity contribution in [3.8, 4) is 0 Å². The van der Waals surface area contributed by atoms with Gasteiger partial charge in [-0.3, -0.25) is 4.90 Å². The predicted octanol–water partition coefficient (Wildman–Crippen LogP) is -0.491. The predicted molar refractivity (Wildman–Crippen MR) is 77.0 cm³/mol. The standard InChI is InChI=1S/C12H19N7O/c1-13-12-16-10-9(14-8-15-10)11(17-12)19-4-2-18(3-5-19)6-7-20/h8,20H,2-7H2,1H3,(H2,13,14,15,16,17). The van der Waals surface area contributed by atoms with Crippen molar-refractivity contribution < 1.29 is 5.11 Å². The van der Waals surface area contributed by atoms with Gasteiger partial charge in [0.05, 0.1) is 12.9 Å². The van der Waals surface area contributed by atoms with E-state index in [4.69, 9.17) is 5.11 Å². The third-order valence-corrected chi connectivity index (χ3v) is 3.58. The minimum atomic E-state index is 0.211. The number of hydrogen-bond donors (Lipinski definition) is 3. The van der Waals surface area contributed by atoms with Gasteiger partial charge in [-0.1, -0.05) is 0 Å². The van der Waals surface area contributed by atoms with Crippen molar-refractivity contribution in [3.05, 3.63) is 6.33 Å². The van der Waals surface area contributed by atoms with Gasteiger partial charge in [0.2, 0.25) is 5.95 Å². The van der Waals surface area contributed by atoms with Crippen molar-refractivity contribution in [2.75, 3.05) is 56.6 Å². The van der Waals surface area contributed by atoms with Crippen LogP contribution in [-0.2, 0) is 0 Å². The lowest BCUT2D eigenvalue weighted by Gasteiger charge is -2.35. The monoisotopic (exact) mass is 277 g/mol. The maximum atomic E-state index is 8.99. The molecular weight excluding hydrogens is 258 g/mol. The number of piperazine rings is 1. The lowest BCUT2D eigenvalue weighted by atomic mass is 10.3. The second-order valence-electron chi connectivity index (χ2n) is 4.77. The topological polar surface area (TPSA) is 93.2 Å². The van der Waals surface area contributed by atoms with E-state index in [1.165, 1.54) is 0 Å². The Hall–Kier alpha value is -1.93. The molecule has 1 fully saturated rings. The Morgan fingerprint density at radius 3 is 2.80 bits per heavy atom. The van der Waals surface area contributed by atoms with Gasteiger partial charge < -0.3 is 20.3 Å². The van der Waals surface area contributed by atoms with E-state index in [0.29, 0.717) is 11.6 Å². The zero-order chi connectivity index (χ0) is 13.9. The number of H-pyrrole nitrogens is 1. The van der Waals surface area contributed by atoms with Gasteiger partial charge in [-0.25, -0.2) is 4.98 Å². The van der Waals surface area contributed by atoms with E-state index in [9.17, 15) is 0 Å². The Balaban J connectivity index is 1.85. The van der Waals surface area contributed by atoms with Gasteiger partial charge in [-0.15, -0.1) is 0 Å². The minimum Gasteiger partial charge on any atom is -0.395 e. The number of hydrogen-bond acceptors (Lipinski definition) is 7. The summed E-state index contributed by atoms with van der Waals surface area (Å²) in [5, 5.41) is 12.0. The van der Waals surface area contributed by atoms with Crippen LogP contribution >= 0.6 is 0 Å². The quantitative estimate of drug-likeness (QED) is 0.694. The number of rotatable bonds is 4. The zero-order valence-corrected chi connectivity index (χ0v) is 11.5. The van der Waals surface area contributed by atoms with Crippen LogP contribution in [0.2, 0.25) is 0 Å². The van der Waals surface area contributed by atoms with Crippen LogP contribution in [0.5, 0.6) is 0 Å². The van der Waals surface area contributed by atoms with Crippen LogP contribution in [0.3, 0.4) is 0 Å². The first-order valence-corrected chi connectivity index (χ1v) is 6.79. The molecule has 3 rings (SSSR count). The Morgan fingerprint density at radius 2 is 2.10 bits per heavy atom. The van der Waals surface area contributed by atoms with Crippen LogP contribution in [0, 0.1) is 0 Å². The molecule has 2 aromatic rings. The second kappa shape index (κ2) is 5.59. The SMILES string of the molecule is CNc1nc(N2CCN(CCO)CC2)c2[nH]cnc2n1. The van der Waals surface area contributed by atoms with Gasteiger partial charge in [-0.2, -0.15) is 9.97 Å². The summed E-state index contributed by atoms with van der Waals surface area (Å²) < 4.78 is 0. The Kier molecular flexibility index (Phi) is 3.66. The molecule has 1 aliphatic heterocycles. The van der Waals surface area contributed by atoms with E-state index >= 15 is 0 Å². The molecule has 8 heteroatoms. The van der Waals surface area contributed by atoms with Crippen LogP contribution < -0.4 is 10.2 Å². The van der Waals surface area contributed by atoms with Crippen LogP contribution in [0.4, 0.5) is 11.8 Å². The Labute approximate surface area is 116 Å². The Morgan fingerprint density at radius 1 is 1.30 bits per heavy atom. The van der Waals surface area contributed by atoms with E-state index in [-0.39, 0.29) is 6.61 Å². The van der Waals surface area contributed by atoms with Crippen LogP contribution in [0.1, 0.15) is 0 Å². The highest BCUT2D eigenvalue weighted by atomic mass is 16.3. The maximum Gasteiger partial charge on any atom is 0.226 e. The average molecular weight is 277 g/mol. The highest BCUT2D eigenvalue weighted by molar-refractivity contribution is 5.84. The number of imidazole rings is 1. The molecule has 20 heavy (non-hydrogen) atoms. The highest BCUT2D eigenvalue weighted by Crippen LogP contribution is 2.23. The normalized spacial score (nSPS) is 16.8. The summed E-state index contributed by atoms with van der Waals surface area (Å²) in [6.07, 6.45) is 1.64. The van der Waals surface area contributed by atoms with Crippen molar-refractivity contribution in [3.63, 3.8) is 0 Å². The van der Waals surface area contributed by atoms with E-state index in [0.717, 1.165) is 44.1 Å². The molecule has 108 valence electrons. The molecule has 3 N–H and O–H groups in total. The summed E-state index contributed by atoms with van der Waals surface area (Å²) in [4.78, 5) is 20.7. The number of nitrogens with zero attached hydrogens (tertiary/aromatic N) is 5. The summed E-state index contributed by atoms with van der Waals surface area (Å²) in [7, 11) is 1.80. The number of nitrogens with one attached hydrogen (secondary N) is 2. The lowest BCUT2D eigenvalue weighted by molar-refractivity contribution is 0.188. The molecule has 3 heterocycles. The lowest BCUT2D eigenvalue weighted by Crippen LogP contribution is -2.47. The summed E-state index contributed by atoms with van der Waals surface area (Å²) >= 11 is 0. The fourth-order valence-corrected chi connectivity index (χ4v) is 2.48. The molecular formula is C12H19N7O. The fourth-order valence-electron chi connectivity index (χ4n) is 2.48. The number of β-amino-alcohol motifs (C(OH)–C–C–N with tert-alkyl or cyclic N) is 1. The first-order valence-electron chi connectivity index (χ1n) is 6.79. The molecule has 0 aromatic carbocycles. The van der Waals surface area contributed by atoms with Crippen LogP contribution in [0.15, 0.2) is 6.33 Å². The molecule has 1 aliphatic rings. The third-order valence-electron chi connectivity index (χ3n) is 3.58. The molecule has 0 radical (unpaired) electrons. The molecule has 0 bridgehead atoms. The second-order valence-corrected chi connectivity index (χ2v) is 4.77. The largest absolute Gasteiger partial charge is 0.395 e. The smallest absolute Gasteiger partial charge is 0.226 e. The van der Waals surface area contributed by atoms with Crippen molar-refractivity contribution in [2.45, 2.75) is 0 Å². The minimum absolute atomic E-state index is 0.211. The molecule has 0 saturated carbocycles. The summed E-state index contributed by atoms with van der Waals surface area (Å²) in [5.41, 5.74) is 1.55. The first-order chi connectivity index (χ1) is 9.81. The van der Waals surface area contributed by atoms with Gasteiger partial charge in [0.15, 0.2) is 11.5 Å². The molecule has 0 spiro atoms. The number of aliphatic hydroxyl groups is 1. The molecule has 0 unspecified atom stereocenters. The Bertz CT molecular complexity index is 576. The van der Waals surface area contributed by atoms with Gasteiger partial charge >= 0.3 is 0 Å². The van der Waals surface area contributed by atoms with Crippen LogP contribution in [-0.4, -0.2) is 76.3 Å². The van der Waals surface area contributed by atoms with Gasteiger partial charge in [0, 0.05) is 39.8 Å². The van der Waals surface area contributed by atoms with Crippen molar-refractivity contribution in [1.29, 1.82) is 0 Å². The molecule has 0 amide bonds. The van der Waals surface area contributed by atoms with Gasteiger partial charge in [0.25, 0.3) is 0 Å². The van der Waals surface area contributed by atoms with E-state index in [2.05, 4.69) is 35.1 Å². The number of anilines is 2. The summed E-state index contributed by atoms with van der Waals surface area (Å²) in [6.45, 7) is 4.56. The highest BCUT2D eigenvalue weighted by Gasteiger charge is 2.21.